The molecule has 2 rings (SSSR count). The number of carbonyl (C=O) groups excluding carboxylic acids is 1. The molecule has 0 spiro atoms. The van der Waals surface area contributed by atoms with Gasteiger partial charge in [0.25, 0.3) is 0 Å². The van der Waals surface area contributed by atoms with Gasteiger partial charge < -0.3 is 9.47 Å². The highest BCUT2D eigenvalue weighted by atomic mass is 19.1. The van der Waals surface area contributed by atoms with Gasteiger partial charge >= 0.3 is 0 Å². The number of hydrogen-bond donors (Lipinski definition) is 0. The molecule has 0 N–H and O–H groups in total. The minimum Gasteiger partial charge on any atom is -0.497 e. The Morgan fingerprint density at radius 2 is 2.00 bits per heavy atom. The first-order valence-electron chi connectivity index (χ1n) is 5.70. The van der Waals surface area contributed by atoms with Crippen molar-refractivity contribution in [2.24, 2.45) is 0 Å². The van der Waals surface area contributed by atoms with Gasteiger partial charge in [0.2, 0.25) is 0 Å². The lowest BCUT2D eigenvalue weighted by molar-refractivity contribution is 0.0206. The summed E-state index contributed by atoms with van der Waals surface area (Å²) in [6, 6.07) is 1.99. The zero-order chi connectivity index (χ0) is 13.3. The highest BCUT2D eigenvalue weighted by molar-refractivity contribution is 6.03. The molecular weight excluding hydrogens is 242 g/mol. The molecule has 1 unspecified atom stereocenters. The van der Waals surface area contributed by atoms with E-state index in [-0.39, 0.29) is 5.75 Å². The summed E-state index contributed by atoms with van der Waals surface area (Å²) >= 11 is 0. The van der Waals surface area contributed by atoms with Crippen LogP contribution in [0.25, 0.3) is 0 Å². The number of Topliss-reactive ketones (excluding diaryl/α,β-unsaturated/α-hetero) is 1. The maximum Gasteiger partial charge on any atom is 0.200 e. The summed E-state index contributed by atoms with van der Waals surface area (Å²) in [6.45, 7) is 1.99. The molecule has 0 amide bonds. The van der Waals surface area contributed by atoms with Crippen LogP contribution in [0.4, 0.5) is 8.78 Å². The van der Waals surface area contributed by atoms with Crippen LogP contribution < -0.4 is 4.74 Å². The molecule has 1 saturated heterocycles. The van der Waals surface area contributed by atoms with Crippen molar-refractivity contribution in [3.8, 4) is 5.75 Å². The number of benzene rings is 1. The highest BCUT2D eigenvalue weighted by Crippen LogP contribution is 2.32. The van der Waals surface area contributed by atoms with Crippen molar-refractivity contribution in [1.29, 1.82) is 0 Å². The SMILES string of the molecule is COc1cc(F)c(C(=O)C2(C)CCCO2)c(F)c1. The number of ether oxygens (including phenoxy) is 2. The van der Waals surface area contributed by atoms with Gasteiger partial charge in [0.05, 0.1) is 12.7 Å². The van der Waals surface area contributed by atoms with Crippen molar-refractivity contribution in [1.82, 2.24) is 0 Å². The van der Waals surface area contributed by atoms with E-state index >= 15 is 0 Å². The van der Waals surface area contributed by atoms with Gasteiger partial charge in [-0.3, -0.25) is 4.79 Å². The Kier molecular flexibility index (Phi) is 3.34. The van der Waals surface area contributed by atoms with Crippen molar-refractivity contribution >= 4 is 5.78 Å². The molecule has 0 radical (unpaired) electrons. The average molecular weight is 256 g/mol. The van der Waals surface area contributed by atoms with Crippen molar-refractivity contribution in [3.05, 3.63) is 29.3 Å². The topological polar surface area (TPSA) is 35.5 Å². The second-order valence-electron chi connectivity index (χ2n) is 4.48. The Morgan fingerprint density at radius 3 is 2.44 bits per heavy atom. The van der Waals surface area contributed by atoms with Gasteiger partial charge in [-0.25, -0.2) is 8.78 Å². The van der Waals surface area contributed by atoms with E-state index in [4.69, 9.17) is 9.47 Å². The van der Waals surface area contributed by atoms with Crippen molar-refractivity contribution in [3.63, 3.8) is 0 Å². The van der Waals surface area contributed by atoms with Crippen LogP contribution in [0.3, 0.4) is 0 Å². The molecule has 1 fully saturated rings. The Hall–Kier alpha value is -1.49. The van der Waals surface area contributed by atoms with E-state index in [1.54, 1.807) is 6.92 Å². The Balaban J connectivity index is 2.42. The van der Waals surface area contributed by atoms with E-state index in [1.165, 1.54) is 7.11 Å². The number of carbonyl (C=O) groups is 1. The molecular formula is C13H14F2O3. The molecule has 0 aliphatic carbocycles. The third kappa shape index (κ3) is 2.10. The first-order valence-corrected chi connectivity index (χ1v) is 5.70. The van der Waals surface area contributed by atoms with Crippen LogP contribution >= 0.6 is 0 Å². The standard InChI is InChI=1S/C13H14F2O3/c1-13(4-3-5-18-13)12(16)11-9(14)6-8(17-2)7-10(11)15/h6-7H,3-5H2,1-2H3. The number of ketones is 1. The quantitative estimate of drug-likeness (QED) is 0.780. The van der Waals surface area contributed by atoms with Crippen LogP contribution in [0, 0.1) is 11.6 Å². The molecule has 18 heavy (non-hydrogen) atoms. The largest absolute Gasteiger partial charge is 0.497 e. The predicted octanol–water partition coefficient (Wildman–Crippen LogP) is 2.73. The van der Waals surface area contributed by atoms with Crippen LogP contribution in [0.2, 0.25) is 0 Å². The maximum atomic E-state index is 13.8. The van der Waals surface area contributed by atoms with Gasteiger partial charge in [-0.15, -0.1) is 0 Å². The van der Waals surface area contributed by atoms with E-state index in [1.807, 2.05) is 0 Å². The summed E-state index contributed by atoms with van der Waals surface area (Å²) in [5.41, 5.74) is -1.68. The van der Waals surface area contributed by atoms with Gasteiger partial charge in [-0.2, -0.15) is 0 Å². The first-order chi connectivity index (χ1) is 8.48. The average Bonchev–Trinajstić information content (AvgIpc) is 2.76. The minimum atomic E-state index is -1.13. The second kappa shape index (κ2) is 4.65. The van der Waals surface area contributed by atoms with Gasteiger partial charge in [0, 0.05) is 18.7 Å². The van der Waals surface area contributed by atoms with Crippen LogP contribution in [0.1, 0.15) is 30.1 Å². The lowest BCUT2D eigenvalue weighted by atomic mass is 9.91. The molecule has 0 saturated carbocycles. The van der Waals surface area contributed by atoms with Crippen molar-refractivity contribution in [2.45, 2.75) is 25.4 Å². The first kappa shape index (κ1) is 13.0. The van der Waals surface area contributed by atoms with Crippen LogP contribution in [-0.4, -0.2) is 25.1 Å². The van der Waals surface area contributed by atoms with Crippen molar-refractivity contribution < 1.29 is 23.0 Å². The maximum absolute atomic E-state index is 13.8. The Morgan fingerprint density at radius 1 is 1.39 bits per heavy atom. The van der Waals surface area contributed by atoms with E-state index in [0.29, 0.717) is 19.4 Å². The lowest BCUT2D eigenvalue weighted by Crippen LogP contribution is -2.35. The number of methoxy groups -OCH3 is 1. The van der Waals surface area contributed by atoms with E-state index < -0.39 is 28.6 Å². The summed E-state index contributed by atoms with van der Waals surface area (Å²) < 4.78 is 37.6. The molecule has 0 aromatic heterocycles. The van der Waals surface area contributed by atoms with Gasteiger partial charge in [0.1, 0.15) is 23.0 Å². The third-order valence-corrected chi connectivity index (χ3v) is 3.18. The smallest absolute Gasteiger partial charge is 0.200 e. The van der Waals surface area contributed by atoms with Crippen LogP contribution in [0.5, 0.6) is 5.75 Å². The van der Waals surface area contributed by atoms with Gasteiger partial charge in [-0.05, 0) is 19.8 Å². The summed E-state index contributed by atoms with van der Waals surface area (Å²) in [5.74, 6) is -2.46. The van der Waals surface area contributed by atoms with Gasteiger partial charge in [-0.1, -0.05) is 0 Å². The number of halogens is 2. The molecule has 1 aliphatic heterocycles. The molecule has 1 atom stereocenters. The number of rotatable bonds is 3. The molecule has 98 valence electrons. The Bertz CT molecular complexity index is 456. The summed E-state index contributed by atoms with van der Waals surface area (Å²) in [4.78, 5) is 12.2. The molecule has 1 heterocycles. The van der Waals surface area contributed by atoms with Crippen LogP contribution in [-0.2, 0) is 4.74 Å². The van der Waals surface area contributed by atoms with Crippen LogP contribution in [0.15, 0.2) is 12.1 Å². The number of hydrogen-bond acceptors (Lipinski definition) is 3. The van der Waals surface area contributed by atoms with E-state index in [2.05, 4.69) is 0 Å². The minimum absolute atomic E-state index is 0.0408. The molecule has 1 aromatic rings. The predicted molar refractivity (Wildman–Crippen MR) is 60.8 cm³/mol. The lowest BCUT2D eigenvalue weighted by Gasteiger charge is -2.22. The molecule has 1 aliphatic rings. The van der Waals surface area contributed by atoms with E-state index in [0.717, 1.165) is 12.1 Å². The van der Waals surface area contributed by atoms with E-state index in [9.17, 15) is 13.6 Å². The summed E-state index contributed by atoms with van der Waals surface area (Å²) in [7, 11) is 1.30. The fraction of sp³-hybridized carbons (Fsp3) is 0.462. The fourth-order valence-electron chi connectivity index (χ4n) is 2.11. The summed E-state index contributed by atoms with van der Waals surface area (Å²) in [5, 5.41) is 0. The van der Waals surface area contributed by atoms with Crippen molar-refractivity contribution in [2.75, 3.05) is 13.7 Å². The normalized spacial score (nSPS) is 23.1. The molecule has 0 bridgehead atoms. The highest BCUT2D eigenvalue weighted by Gasteiger charge is 2.40. The molecule has 5 heteroatoms. The zero-order valence-electron chi connectivity index (χ0n) is 10.3. The third-order valence-electron chi connectivity index (χ3n) is 3.18. The summed E-state index contributed by atoms with van der Waals surface area (Å²) in [6.07, 6.45) is 1.18. The zero-order valence-corrected chi connectivity index (χ0v) is 10.3. The Labute approximate surface area is 104 Å². The fourth-order valence-corrected chi connectivity index (χ4v) is 2.11. The molecule has 3 nitrogen and oxygen atoms in total. The monoisotopic (exact) mass is 256 g/mol. The van der Waals surface area contributed by atoms with Gasteiger partial charge in [0.15, 0.2) is 5.78 Å². The molecule has 1 aromatic carbocycles. The second-order valence-corrected chi connectivity index (χ2v) is 4.48.